The van der Waals surface area contributed by atoms with Gasteiger partial charge in [-0.05, 0) is 61.6 Å². The van der Waals surface area contributed by atoms with Gasteiger partial charge >= 0.3 is 0 Å². The minimum atomic E-state index is -0.499. The van der Waals surface area contributed by atoms with Gasteiger partial charge in [-0.2, -0.15) is 0 Å². The van der Waals surface area contributed by atoms with Crippen molar-refractivity contribution in [2.45, 2.75) is 39.7 Å². The van der Waals surface area contributed by atoms with Gasteiger partial charge in [-0.15, -0.1) is 11.3 Å². The number of thiazole rings is 1. The van der Waals surface area contributed by atoms with Crippen molar-refractivity contribution in [3.8, 4) is 0 Å². The molecule has 1 unspecified atom stereocenters. The van der Waals surface area contributed by atoms with Gasteiger partial charge in [-0.3, -0.25) is 14.5 Å². The van der Waals surface area contributed by atoms with Gasteiger partial charge in [0.2, 0.25) is 11.8 Å². The fraction of sp³-hybridized carbons (Fsp3) is 0.269. The van der Waals surface area contributed by atoms with E-state index in [-0.39, 0.29) is 23.5 Å². The molecule has 0 radical (unpaired) electrons. The Kier molecular flexibility index (Phi) is 6.70. The molecular weight excluding hydrogens is 437 g/mol. The van der Waals surface area contributed by atoms with Gasteiger partial charge in [0.05, 0.1) is 17.4 Å². The van der Waals surface area contributed by atoms with Crippen LogP contribution in [0.2, 0.25) is 0 Å². The molecule has 1 aliphatic heterocycles. The van der Waals surface area contributed by atoms with Gasteiger partial charge in [-0.25, -0.2) is 9.37 Å². The number of benzene rings is 2. The lowest BCUT2D eigenvalue weighted by Crippen LogP contribution is -2.29. The Balaban J connectivity index is 1.51. The summed E-state index contributed by atoms with van der Waals surface area (Å²) in [6, 6.07) is 12.5. The summed E-state index contributed by atoms with van der Waals surface area (Å²) in [6.45, 7) is 6.26. The molecule has 2 aromatic carbocycles. The third kappa shape index (κ3) is 4.88. The first-order valence-corrected chi connectivity index (χ1v) is 11.8. The van der Waals surface area contributed by atoms with E-state index in [1.807, 2.05) is 4.90 Å². The molecule has 33 heavy (non-hydrogen) atoms. The predicted molar refractivity (Wildman–Crippen MR) is 130 cm³/mol. The van der Waals surface area contributed by atoms with Crippen LogP contribution >= 0.6 is 11.3 Å². The molecule has 0 saturated carbocycles. The zero-order valence-corrected chi connectivity index (χ0v) is 19.7. The highest BCUT2D eigenvalue weighted by atomic mass is 32.1. The van der Waals surface area contributed by atoms with Crippen LogP contribution in [0.25, 0.3) is 6.08 Å². The van der Waals surface area contributed by atoms with Crippen molar-refractivity contribution in [2.75, 3.05) is 11.4 Å². The number of hydrogen-bond donors (Lipinski definition) is 0. The standard InChI is InChI=1S/C26H26FN3O2S/c1-17-10-11-20(15-18(17)2)23-9-6-14-29(23)25(32)13-12-21-16-33-26(28-21)30(19(3)31)24-8-5-4-7-22(24)27/h4-5,7-8,10-13,15-16,23H,6,9,14H2,1-3H3/b13-12+. The number of carbonyl (C=O) groups is 2. The Morgan fingerprint density at radius 1 is 1.18 bits per heavy atom. The Morgan fingerprint density at radius 3 is 2.70 bits per heavy atom. The van der Waals surface area contributed by atoms with E-state index < -0.39 is 5.82 Å². The van der Waals surface area contributed by atoms with E-state index in [1.165, 1.54) is 52.5 Å². The van der Waals surface area contributed by atoms with Crippen LogP contribution in [0.3, 0.4) is 0 Å². The molecule has 7 heteroatoms. The van der Waals surface area contributed by atoms with E-state index in [0.717, 1.165) is 18.4 Å². The van der Waals surface area contributed by atoms with Crippen molar-refractivity contribution < 1.29 is 14.0 Å². The molecule has 1 aliphatic rings. The molecule has 3 aromatic rings. The summed E-state index contributed by atoms with van der Waals surface area (Å²) in [5.41, 5.74) is 4.33. The van der Waals surface area contributed by atoms with Gasteiger partial charge in [0.15, 0.2) is 5.13 Å². The summed E-state index contributed by atoms with van der Waals surface area (Å²) < 4.78 is 14.3. The molecule has 4 rings (SSSR count). The summed E-state index contributed by atoms with van der Waals surface area (Å²) >= 11 is 1.22. The second-order valence-corrected chi connectivity index (χ2v) is 9.06. The second-order valence-electron chi connectivity index (χ2n) is 8.23. The number of aromatic nitrogens is 1. The third-order valence-corrected chi connectivity index (χ3v) is 6.80. The number of amides is 2. The third-order valence-electron chi connectivity index (χ3n) is 5.96. The lowest BCUT2D eigenvalue weighted by molar-refractivity contribution is -0.126. The smallest absolute Gasteiger partial charge is 0.247 e. The van der Waals surface area contributed by atoms with Crippen molar-refractivity contribution >= 4 is 40.0 Å². The lowest BCUT2D eigenvalue weighted by atomic mass is 9.99. The number of nitrogens with zero attached hydrogens (tertiary/aromatic N) is 3. The minimum Gasteiger partial charge on any atom is -0.332 e. The van der Waals surface area contributed by atoms with E-state index in [2.05, 4.69) is 37.0 Å². The highest BCUT2D eigenvalue weighted by Crippen LogP contribution is 2.34. The number of para-hydroxylation sites is 1. The number of rotatable bonds is 5. The van der Waals surface area contributed by atoms with Gasteiger partial charge in [0.1, 0.15) is 5.82 Å². The maximum atomic E-state index is 14.3. The van der Waals surface area contributed by atoms with Gasteiger partial charge in [0, 0.05) is 24.9 Å². The molecule has 0 N–H and O–H groups in total. The molecule has 170 valence electrons. The molecule has 2 amide bonds. The monoisotopic (exact) mass is 463 g/mol. The maximum Gasteiger partial charge on any atom is 0.247 e. The van der Waals surface area contributed by atoms with Crippen LogP contribution in [0.5, 0.6) is 0 Å². The first-order chi connectivity index (χ1) is 15.8. The van der Waals surface area contributed by atoms with E-state index in [0.29, 0.717) is 17.4 Å². The highest BCUT2D eigenvalue weighted by Gasteiger charge is 2.29. The molecule has 1 fully saturated rings. The van der Waals surface area contributed by atoms with Crippen LogP contribution in [0.1, 0.15) is 48.2 Å². The average molecular weight is 464 g/mol. The van der Waals surface area contributed by atoms with E-state index in [9.17, 15) is 14.0 Å². The van der Waals surface area contributed by atoms with Gasteiger partial charge in [-0.1, -0.05) is 30.3 Å². The fourth-order valence-corrected chi connectivity index (χ4v) is 4.95. The molecule has 0 bridgehead atoms. The number of anilines is 2. The number of likely N-dealkylation sites (tertiary alicyclic amines) is 1. The highest BCUT2D eigenvalue weighted by molar-refractivity contribution is 7.14. The minimum absolute atomic E-state index is 0.0668. The fourth-order valence-electron chi connectivity index (χ4n) is 4.10. The van der Waals surface area contributed by atoms with Crippen LogP contribution in [-0.2, 0) is 9.59 Å². The molecule has 0 aliphatic carbocycles. The predicted octanol–water partition coefficient (Wildman–Crippen LogP) is 5.96. The molecule has 2 heterocycles. The van der Waals surface area contributed by atoms with E-state index in [1.54, 1.807) is 23.6 Å². The molecule has 1 saturated heterocycles. The summed E-state index contributed by atoms with van der Waals surface area (Å²) in [7, 11) is 0. The van der Waals surface area contributed by atoms with Crippen molar-refractivity contribution in [3.63, 3.8) is 0 Å². The lowest BCUT2D eigenvalue weighted by Gasteiger charge is -2.24. The largest absolute Gasteiger partial charge is 0.332 e. The van der Waals surface area contributed by atoms with Crippen LogP contribution in [0, 0.1) is 19.7 Å². The zero-order chi connectivity index (χ0) is 23.5. The Labute approximate surface area is 197 Å². The van der Waals surface area contributed by atoms with Crippen molar-refractivity contribution in [3.05, 3.63) is 82.1 Å². The Bertz CT molecular complexity index is 1220. The number of carbonyl (C=O) groups excluding carboxylic acids is 2. The topological polar surface area (TPSA) is 53.5 Å². The molecular formula is C26H26FN3O2S. The van der Waals surface area contributed by atoms with Crippen LogP contribution in [0.4, 0.5) is 15.2 Å². The normalized spacial score (nSPS) is 15.9. The zero-order valence-electron chi connectivity index (χ0n) is 18.9. The molecule has 1 atom stereocenters. The first-order valence-electron chi connectivity index (χ1n) is 10.9. The second kappa shape index (κ2) is 9.67. The maximum absolute atomic E-state index is 14.3. The van der Waals surface area contributed by atoms with E-state index in [4.69, 9.17) is 0 Å². The van der Waals surface area contributed by atoms with Crippen molar-refractivity contribution in [1.82, 2.24) is 9.88 Å². The van der Waals surface area contributed by atoms with Crippen LogP contribution in [-0.4, -0.2) is 28.2 Å². The number of aryl methyl sites for hydroxylation is 2. The summed E-state index contributed by atoms with van der Waals surface area (Å²) in [6.07, 6.45) is 5.09. The van der Waals surface area contributed by atoms with Gasteiger partial charge < -0.3 is 4.90 Å². The Hall–Kier alpha value is -3.32. The quantitative estimate of drug-likeness (QED) is 0.439. The Morgan fingerprint density at radius 2 is 1.97 bits per heavy atom. The SMILES string of the molecule is CC(=O)N(c1nc(/C=C/C(=O)N2CCCC2c2ccc(C)c(C)c2)cs1)c1ccccc1F. The van der Waals surface area contributed by atoms with E-state index >= 15 is 0 Å². The van der Waals surface area contributed by atoms with Gasteiger partial charge in [0.25, 0.3) is 0 Å². The summed E-state index contributed by atoms with van der Waals surface area (Å²) in [5.74, 6) is -0.904. The number of halogens is 1. The van der Waals surface area contributed by atoms with Crippen molar-refractivity contribution in [1.29, 1.82) is 0 Å². The average Bonchev–Trinajstić information content (AvgIpc) is 3.45. The van der Waals surface area contributed by atoms with Crippen molar-refractivity contribution in [2.24, 2.45) is 0 Å². The molecule has 0 spiro atoms. The summed E-state index contributed by atoms with van der Waals surface area (Å²) in [5, 5.41) is 2.11. The molecule has 5 nitrogen and oxygen atoms in total. The first kappa shape index (κ1) is 22.9. The van der Waals surface area contributed by atoms with Crippen LogP contribution in [0.15, 0.2) is 53.9 Å². The molecule has 1 aromatic heterocycles. The summed E-state index contributed by atoms with van der Waals surface area (Å²) in [4.78, 5) is 32.8. The number of hydrogen-bond acceptors (Lipinski definition) is 4. The van der Waals surface area contributed by atoms with Crippen LogP contribution < -0.4 is 4.90 Å².